The molecule has 1 amide bonds. The molecule has 1 aliphatic heterocycles. The lowest BCUT2D eigenvalue weighted by Crippen LogP contribution is -2.36. The van der Waals surface area contributed by atoms with Crippen LogP contribution < -0.4 is 5.11 Å². The molecule has 1 heterocycles. The first-order valence-electron chi connectivity index (χ1n) is 6.11. The van der Waals surface area contributed by atoms with Crippen molar-refractivity contribution in [3.8, 4) is 0 Å². The van der Waals surface area contributed by atoms with Crippen molar-refractivity contribution in [2.24, 2.45) is 5.92 Å². The maximum Gasteiger partial charge on any atom is 0.223 e. The standard InChI is InChI=1S/C14H17NO3/c1-3-15-12(16)8-11(14(17)18)13(15)10-6-4-5-9(2)7-10/h4-7,11,13H,3,8H2,1-2H3,(H,17,18)/p-1/t11-,13-/m1/s1. The van der Waals surface area contributed by atoms with Crippen LogP contribution in [0, 0.1) is 12.8 Å². The second-order valence-corrected chi connectivity index (χ2v) is 4.67. The van der Waals surface area contributed by atoms with Gasteiger partial charge in [-0.1, -0.05) is 29.8 Å². The first-order valence-corrected chi connectivity index (χ1v) is 6.11. The van der Waals surface area contributed by atoms with E-state index in [4.69, 9.17) is 0 Å². The lowest BCUT2D eigenvalue weighted by atomic mass is 9.93. The summed E-state index contributed by atoms with van der Waals surface area (Å²) < 4.78 is 0. The number of carbonyl (C=O) groups excluding carboxylic acids is 2. The van der Waals surface area contributed by atoms with Crippen LogP contribution in [0.5, 0.6) is 0 Å². The summed E-state index contributed by atoms with van der Waals surface area (Å²) in [4.78, 5) is 24.6. The highest BCUT2D eigenvalue weighted by atomic mass is 16.4. The van der Waals surface area contributed by atoms with Crippen LogP contribution in [0.15, 0.2) is 24.3 Å². The molecule has 2 atom stereocenters. The summed E-state index contributed by atoms with van der Waals surface area (Å²) >= 11 is 0. The van der Waals surface area contributed by atoms with Crippen LogP contribution in [0.3, 0.4) is 0 Å². The van der Waals surface area contributed by atoms with Crippen molar-refractivity contribution in [2.45, 2.75) is 26.3 Å². The minimum absolute atomic E-state index is 0.0365. The third kappa shape index (κ3) is 2.10. The Morgan fingerprint density at radius 1 is 1.50 bits per heavy atom. The summed E-state index contributed by atoms with van der Waals surface area (Å²) in [5.74, 6) is -2.01. The van der Waals surface area contributed by atoms with Crippen molar-refractivity contribution in [3.63, 3.8) is 0 Å². The molecule has 4 nitrogen and oxygen atoms in total. The number of carboxylic acids is 1. The summed E-state index contributed by atoms with van der Waals surface area (Å²) in [7, 11) is 0. The summed E-state index contributed by atoms with van der Waals surface area (Å²) in [5.41, 5.74) is 1.93. The van der Waals surface area contributed by atoms with Gasteiger partial charge in [-0.2, -0.15) is 0 Å². The van der Waals surface area contributed by atoms with Crippen LogP contribution in [0.2, 0.25) is 0 Å². The van der Waals surface area contributed by atoms with Crippen molar-refractivity contribution in [2.75, 3.05) is 6.54 Å². The Morgan fingerprint density at radius 2 is 2.22 bits per heavy atom. The third-order valence-electron chi connectivity index (χ3n) is 3.46. The second-order valence-electron chi connectivity index (χ2n) is 4.67. The molecule has 1 saturated heterocycles. The third-order valence-corrected chi connectivity index (χ3v) is 3.46. The van der Waals surface area contributed by atoms with Gasteiger partial charge in [-0.05, 0) is 19.4 Å². The average molecular weight is 246 g/mol. The van der Waals surface area contributed by atoms with E-state index in [0.717, 1.165) is 11.1 Å². The fourth-order valence-corrected chi connectivity index (χ4v) is 2.64. The molecule has 0 unspecified atom stereocenters. The summed E-state index contributed by atoms with van der Waals surface area (Å²) in [6.45, 7) is 4.32. The topological polar surface area (TPSA) is 60.4 Å². The zero-order valence-corrected chi connectivity index (χ0v) is 10.6. The number of hydrogen-bond donors (Lipinski definition) is 0. The van der Waals surface area contributed by atoms with Crippen LogP contribution in [-0.2, 0) is 9.59 Å². The first kappa shape index (κ1) is 12.6. The van der Waals surface area contributed by atoms with Crippen LogP contribution in [0.4, 0.5) is 0 Å². The molecule has 0 saturated carbocycles. The second kappa shape index (κ2) is 4.80. The molecule has 4 heteroatoms. The number of aryl methyl sites for hydroxylation is 1. The lowest BCUT2D eigenvalue weighted by molar-refractivity contribution is -0.312. The summed E-state index contributed by atoms with van der Waals surface area (Å²) in [6, 6.07) is 7.24. The Hall–Kier alpha value is -1.84. The maximum absolute atomic E-state index is 11.8. The van der Waals surface area contributed by atoms with Gasteiger partial charge in [0.25, 0.3) is 0 Å². The lowest BCUT2D eigenvalue weighted by Gasteiger charge is -2.28. The van der Waals surface area contributed by atoms with Crippen LogP contribution in [-0.4, -0.2) is 23.3 Å². The molecule has 2 rings (SSSR count). The molecule has 1 fully saturated rings. The molecule has 1 aromatic rings. The van der Waals surface area contributed by atoms with Gasteiger partial charge in [0, 0.05) is 24.9 Å². The number of likely N-dealkylation sites (tertiary alicyclic amines) is 1. The van der Waals surface area contributed by atoms with E-state index in [2.05, 4.69) is 0 Å². The zero-order chi connectivity index (χ0) is 13.3. The Bertz CT molecular complexity index is 484. The molecule has 0 bridgehead atoms. The molecule has 0 aliphatic carbocycles. The summed E-state index contributed by atoms with van der Waals surface area (Å²) in [6.07, 6.45) is 0.0365. The van der Waals surface area contributed by atoms with Crippen molar-refractivity contribution in [1.82, 2.24) is 4.90 Å². The molecule has 0 N–H and O–H groups in total. The van der Waals surface area contributed by atoms with Gasteiger partial charge in [0.1, 0.15) is 0 Å². The highest BCUT2D eigenvalue weighted by Crippen LogP contribution is 2.37. The fourth-order valence-electron chi connectivity index (χ4n) is 2.64. The van der Waals surface area contributed by atoms with E-state index in [9.17, 15) is 14.7 Å². The smallest absolute Gasteiger partial charge is 0.223 e. The van der Waals surface area contributed by atoms with Gasteiger partial charge in [-0.3, -0.25) is 4.79 Å². The number of amides is 1. The molecule has 0 aromatic heterocycles. The van der Waals surface area contributed by atoms with E-state index in [-0.39, 0.29) is 12.3 Å². The highest BCUT2D eigenvalue weighted by molar-refractivity contribution is 5.86. The van der Waals surface area contributed by atoms with E-state index in [0.29, 0.717) is 6.54 Å². The van der Waals surface area contributed by atoms with E-state index < -0.39 is 17.9 Å². The van der Waals surface area contributed by atoms with Gasteiger partial charge < -0.3 is 14.8 Å². The van der Waals surface area contributed by atoms with E-state index >= 15 is 0 Å². The number of aliphatic carboxylic acids is 1. The molecular formula is C14H16NO3-. The van der Waals surface area contributed by atoms with Crippen molar-refractivity contribution < 1.29 is 14.7 Å². The summed E-state index contributed by atoms with van der Waals surface area (Å²) in [5, 5.41) is 11.2. The van der Waals surface area contributed by atoms with Gasteiger partial charge >= 0.3 is 0 Å². The Kier molecular flexibility index (Phi) is 3.36. The Balaban J connectivity index is 2.42. The number of hydrogen-bond acceptors (Lipinski definition) is 3. The molecular weight excluding hydrogens is 230 g/mol. The highest BCUT2D eigenvalue weighted by Gasteiger charge is 2.40. The number of rotatable bonds is 3. The van der Waals surface area contributed by atoms with Gasteiger partial charge in [0.05, 0.1) is 6.04 Å². The monoisotopic (exact) mass is 246 g/mol. The zero-order valence-electron chi connectivity index (χ0n) is 10.6. The normalized spacial score (nSPS) is 23.4. The van der Waals surface area contributed by atoms with E-state index in [1.165, 1.54) is 0 Å². The van der Waals surface area contributed by atoms with Crippen LogP contribution in [0.25, 0.3) is 0 Å². The van der Waals surface area contributed by atoms with Crippen LogP contribution >= 0.6 is 0 Å². The molecule has 0 radical (unpaired) electrons. The predicted octanol–water partition coefficient (Wildman–Crippen LogP) is 0.654. The van der Waals surface area contributed by atoms with Crippen molar-refractivity contribution >= 4 is 11.9 Å². The van der Waals surface area contributed by atoms with Gasteiger partial charge in [-0.15, -0.1) is 0 Å². The molecule has 1 aromatic carbocycles. The molecule has 96 valence electrons. The predicted molar refractivity (Wildman–Crippen MR) is 64.4 cm³/mol. The fraction of sp³-hybridized carbons (Fsp3) is 0.429. The minimum Gasteiger partial charge on any atom is -0.550 e. The van der Waals surface area contributed by atoms with Gasteiger partial charge in [-0.25, -0.2) is 0 Å². The van der Waals surface area contributed by atoms with E-state index in [1.807, 2.05) is 38.1 Å². The van der Waals surface area contributed by atoms with Crippen molar-refractivity contribution in [3.05, 3.63) is 35.4 Å². The van der Waals surface area contributed by atoms with Gasteiger partial charge in [0.15, 0.2) is 0 Å². The number of nitrogens with zero attached hydrogens (tertiary/aromatic N) is 1. The number of carboxylic acid groups (broad SMARTS) is 1. The molecule has 1 aliphatic rings. The Morgan fingerprint density at radius 3 is 2.78 bits per heavy atom. The maximum atomic E-state index is 11.8. The molecule has 18 heavy (non-hydrogen) atoms. The molecule has 0 spiro atoms. The first-order chi connectivity index (χ1) is 8.54. The van der Waals surface area contributed by atoms with Crippen LogP contribution in [0.1, 0.15) is 30.5 Å². The minimum atomic E-state index is -1.15. The number of carbonyl (C=O) groups is 2. The van der Waals surface area contributed by atoms with Crippen molar-refractivity contribution in [1.29, 1.82) is 0 Å². The van der Waals surface area contributed by atoms with Gasteiger partial charge in [0.2, 0.25) is 5.91 Å². The Labute approximate surface area is 106 Å². The largest absolute Gasteiger partial charge is 0.550 e. The SMILES string of the molecule is CCN1C(=O)C[C@@H](C(=O)[O-])[C@H]1c1cccc(C)c1. The van der Waals surface area contributed by atoms with E-state index in [1.54, 1.807) is 4.90 Å². The number of benzene rings is 1. The quantitative estimate of drug-likeness (QED) is 0.787. The average Bonchev–Trinajstić information content (AvgIpc) is 2.66.